The SMILES string of the molecule is CC(C)(C)C(=O)Nc1ncccc1C(N)CC(=O)O. The van der Waals surface area contributed by atoms with E-state index < -0.39 is 17.4 Å². The fraction of sp³-hybridized carbons (Fsp3) is 0.462. The van der Waals surface area contributed by atoms with E-state index in [1.807, 2.05) is 0 Å². The molecule has 1 heterocycles. The molecule has 6 heteroatoms. The number of anilines is 1. The van der Waals surface area contributed by atoms with Crippen LogP contribution in [-0.2, 0) is 9.59 Å². The molecule has 1 unspecified atom stereocenters. The predicted molar refractivity (Wildman–Crippen MR) is 71.5 cm³/mol. The van der Waals surface area contributed by atoms with E-state index in [0.717, 1.165) is 0 Å². The van der Waals surface area contributed by atoms with Crippen LogP contribution in [0.5, 0.6) is 0 Å². The number of aliphatic carboxylic acids is 1. The Labute approximate surface area is 112 Å². The number of nitrogens with two attached hydrogens (primary N) is 1. The molecule has 0 fully saturated rings. The topological polar surface area (TPSA) is 105 Å². The Bertz CT molecular complexity index is 480. The molecule has 1 aromatic heterocycles. The van der Waals surface area contributed by atoms with E-state index in [-0.39, 0.29) is 12.3 Å². The van der Waals surface area contributed by atoms with Gasteiger partial charge in [-0.1, -0.05) is 26.8 Å². The van der Waals surface area contributed by atoms with Crippen LogP contribution in [0.15, 0.2) is 18.3 Å². The van der Waals surface area contributed by atoms with Gasteiger partial charge in [0, 0.05) is 23.2 Å². The van der Waals surface area contributed by atoms with E-state index in [1.54, 1.807) is 32.9 Å². The lowest BCUT2D eigenvalue weighted by Crippen LogP contribution is -2.29. The number of carbonyl (C=O) groups is 2. The van der Waals surface area contributed by atoms with E-state index in [1.165, 1.54) is 6.20 Å². The van der Waals surface area contributed by atoms with Crippen molar-refractivity contribution >= 4 is 17.7 Å². The number of amides is 1. The fourth-order valence-electron chi connectivity index (χ4n) is 1.41. The van der Waals surface area contributed by atoms with Crippen LogP contribution in [0, 0.1) is 5.41 Å². The van der Waals surface area contributed by atoms with Gasteiger partial charge in [0.25, 0.3) is 0 Å². The molecule has 0 bridgehead atoms. The second-order valence-corrected chi connectivity index (χ2v) is 5.35. The number of pyridine rings is 1. The van der Waals surface area contributed by atoms with Gasteiger partial charge in [-0.25, -0.2) is 4.98 Å². The van der Waals surface area contributed by atoms with Gasteiger partial charge < -0.3 is 16.2 Å². The average molecular weight is 265 g/mol. The molecule has 6 nitrogen and oxygen atoms in total. The zero-order valence-corrected chi connectivity index (χ0v) is 11.3. The maximum Gasteiger partial charge on any atom is 0.305 e. The molecule has 0 saturated heterocycles. The number of carboxylic acids is 1. The predicted octanol–water partition coefficient (Wildman–Crippen LogP) is 1.54. The lowest BCUT2D eigenvalue weighted by atomic mass is 9.95. The Morgan fingerprint density at radius 2 is 2.11 bits per heavy atom. The second-order valence-electron chi connectivity index (χ2n) is 5.35. The average Bonchev–Trinajstić information content (AvgIpc) is 2.27. The standard InChI is InChI=1S/C13H19N3O3/c1-13(2,3)12(19)16-11-8(5-4-6-15-11)9(14)7-10(17)18/h4-6,9H,7,14H2,1-3H3,(H,17,18)(H,15,16,19). The zero-order chi connectivity index (χ0) is 14.6. The molecular weight excluding hydrogens is 246 g/mol. The number of aromatic nitrogens is 1. The molecule has 19 heavy (non-hydrogen) atoms. The second kappa shape index (κ2) is 5.79. The van der Waals surface area contributed by atoms with Crippen LogP contribution >= 0.6 is 0 Å². The van der Waals surface area contributed by atoms with Crippen molar-refractivity contribution in [3.63, 3.8) is 0 Å². The molecule has 0 aromatic carbocycles. The minimum absolute atomic E-state index is 0.199. The highest BCUT2D eigenvalue weighted by Gasteiger charge is 2.23. The third-order valence-electron chi connectivity index (χ3n) is 2.55. The van der Waals surface area contributed by atoms with Crippen molar-refractivity contribution < 1.29 is 14.7 Å². The number of hydrogen-bond donors (Lipinski definition) is 3. The highest BCUT2D eigenvalue weighted by molar-refractivity contribution is 5.94. The summed E-state index contributed by atoms with van der Waals surface area (Å²) in [5, 5.41) is 11.4. The normalized spacial score (nSPS) is 12.8. The first-order valence-electron chi connectivity index (χ1n) is 5.95. The first-order valence-corrected chi connectivity index (χ1v) is 5.95. The van der Waals surface area contributed by atoms with Crippen molar-refractivity contribution in [1.82, 2.24) is 4.98 Å². The highest BCUT2D eigenvalue weighted by Crippen LogP contribution is 2.23. The van der Waals surface area contributed by atoms with Crippen LogP contribution in [-0.4, -0.2) is 22.0 Å². The molecular formula is C13H19N3O3. The molecule has 104 valence electrons. The molecule has 0 spiro atoms. The van der Waals surface area contributed by atoms with Gasteiger partial charge in [-0.15, -0.1) is 0 Å². The number of nitrogens with zero attached hydrogens (tertiary/aromatic N) is 1. The quantitative estimate of drug-likeness (QED) is 0.765. The van der Waals surface area contributed by atoms with E-state index in [4.69, 9.17) is 10.8 Å². The summed E-state index contributed by atoms with van der Waals surface area (Å²) in [6.45, 7) is 5.34. The van der Waals surface area contributed by atoms with Gasteiger partial charge in [-0.3, -0.25) is 9.59 Å². The summed E-state index contributed by atoms with van der Waals surface area (Å²) >= 11 is 0. The van der Waals surface area contributed by atoms with Crippen LogP contribution < -0.4 is 11.1 Å². The van der Waals surface area contributed by atoms with Crippen molar-refractivity contribution in [2.24, 2.45) is 11.1 Å². The summed E-state index contributed by atoms with van der Waals surface area (Å²) in [7, 11) is 0. The van der Waals surface area contributed by atoms with Gasteiger partial charge in [0.2, 0.25) is 5.91 Å². The minimum atomic E-state index is -0.996. The molecule has 4 N–H and O–H groups in total. The first kappa shape index (κ1) is 15.1. The summed E-state index contributed by atoms with van der Waals surface area (Å²) < 4.78 is 0. The summed E-state index contributed by atoms with van der Waals surface area (Å²) in [6, 6.07) is 2.62. The number of rotatable bonds is 4. The lowest BCUT2D eigenvalue weighted by Gasteiger charge is -2.20. The Balaban J connectivity index is 2.96. The van der Waals surface area contributed by atoms with Crippen LogP contribution in [0.1, 0.15) is 38.8 Å². The van der Waals surface area contributed by atoms with Gasteiger partial charge in [0.1, 0.15) is 5.82 Å². The number of carboxylic acid groups (broad SMARTS) is 1. The van der Waals surface area contributed by atoms with Crippen LogP contribution in [0.2, 0.25) is 0 Å². The number of carbonyl (C=O) groups excluding carboxylic acids is 1. The van der Waals surface area contributed by atoms with E-state index >= 15 is 0 Å². The van der Waals surface area contributed by atoms with Crippen molar-refractivity contribution in [1.29, 1.82) is 0 Å². The van der Waals surface area contributed by atoms with Crippen LogP contribution in [0.25, 0.3) is 0 Å². The molecule has 1 amide bonds. The van der Waals surface area contributed by atoms with E-state index in [0.29, 0.717) is 11.4 Å². The zero-order valence-electron chi connectivity index (χ0n) is 11.3. The molecule has 0 aliphatic rings. The van der Waals surface area contributed by atoms with Crippen molar-refractivity contribution in [2.45, 2.75) is 33.2 Å². The fourth-order valence-corrected chi connectivity index (χ4v) is 1.41. The van der Waals surface area contributed by atoms with Crippen molar-refractivity contribution in [2.75, 3.05) is 5.32 Å². The Kier molecular flexibility index (Phi) is 4.61. The summed E-state index contributed by atoms with van der Waals surface area (Å²) in [5.74, 6) is -0.879. The number of nitrogens with one attached hydrogen (secondary N) is 1. The Morgan fingerprint density at radius 3 is 2.63 bits per heavy atom. The first-order chi connectivity index (χ1) is 8.71. The molecule has 0 saturated carbocycles. The molecule has 0 aliphatic heterocycles. The summed E-state index contributed by atoms with van der Waals surface area (Å²) in [4.78, 5) is 26.7. The Hall–Kier alpha value is -1.95. The van der Waals surface area contributed by atoms with Gasteiger partial charge in [0.15, 0.2) is 0 Å². The molecule has 1 aromatic rings. The maximum absolute atomic E-state index is 11.9. The number of hydrogen-bond acceptors (Lipinski definition) is 4. The van der Waals surface area contributed by atoms with E-state index in [9.17, 15) is 9.59 Å². The summed E-state index contributed by atoms with van der Waals surface area (Å²) in [6.07, 6.45) is 1.30. The van der Waals surface area contributed by atoms with Gasteiger partial charge >= 0.3 is 5.97 Å². The maximum atomic E-state index is 11.9. The van der Waals surface area contributed by atoms with Gasteiger partial charge in [-0.05, 0) is 6.07 Å². The molecule has 0 radical (unpaired) electrons. The molecule has 1 rings (SSSR count). The third-order valence-corrected chi connectivity index (χ3v) is 2.55. The highest BCUT2D eigenvalue weighted by atomic mass is 16.4. The van der Waals surface area contributed by atoms with Crippen LogP contribution in [0.4, 0.5) is 5.82 Å². The minimum Gasteiger partial charge on any atom is -0.481 e. The monoisotopic (exact) mass is 265 g/mol. The van der Waals surface area contributed by atoms with Crippen molar-refractivity contribution in [3.05, 3.63) is 23.9 Å². The molecule has 0 aliphatic carbocycles. The molecule has 1 atom stereocenters. The van der Waals surface area contributed by atoms with Gasteiger partial charge in [-0.2, -0.15) is 0 Å². The smallest absolute Gasteiger partial charge is 0.305 e. The van der Waals surface area contributed by atoms with E-state index in [2.05, 4.69) is 10.3 Å². The largest absolute Gasteiger partial charge is 0.481 e. The van der Waals surface area contributed by atoms with Crippen molar-refractivity contribution in [3.8, 4) is 0 Å². The van der Waals surface area contributed by atoms with Gasteiger partial charge in [0.05, 0.1) is 6.42 Å². The van der Waals surface area contributed by atoms with Crippen LogP contribution in [0.3, 0.4) is 0 Å². The summed E-state index contributed by atoms with van der Waals surface area (Å²) in [5.41, 5.74) is 5.76. The Morgan fingerprint density at radius 1 is 1.47 bits per heavy atom. The lowest BCUT2D eigenvalue weighted by molar-refractivity contribution is -0.137. The third kappa shape index (κ3) is 4.33.